The minimum absolute atomic E-state index is 0.270. The molecule has 0 heterocycles. The summed E-state index contributed by atoms with van der Waals surface area (Å²) in [6.07, 6.45) is 0.547. The summed E-state index contributed by atoms with van der Waals surface area (Å²) in [6, 6.07) is 4.61. The lowest BCUT2D eigenvalue weighted by Crippen LogP contribution is -2.30. The molecule has 0 aliphatic carbocycles. The van der Waals surface area contributed by atoms with Gasteiger partial charge in [0.2, 0.25) is 0 Å². The largest absolute Gasteiger partial charge is 0.317 e. The fourth-order valence-electron chi connectivity index (χ4n) is 1.51. The highest BCUT2D eigenvalue weighted by Crippen LogP contribution is 2.17. The van der Waals surface area contributed by atoms with Gasteiger partial charge in [0.25, 0.3) is 0 Å². The molecule has 0 amide bonds. The molecule has 1 aromatic rings. The highest BCUT2D eigenvalue weighted by molar-refractivity contribution is 5.19. The Labute approximate surface area is 89.5 Å². The molecule has 1 N–H and O–H groups in total. The van der Waals surface area contributed by atoms with Gasteiger partial charge in [-0.3, -0.25) is 0 Å². The Hall–Kier alpha value is -0.960. The first kappa shape index (κ1) is 12.1. The van der Waals surface area contributed by atoms with Crippen LogP contribution in [0, 0.1) is 17.6 Å². The second-order valence-corrected chi connectivity index (χ2v) is 3.97. The van der Waals surface area contributed by atoms with Crippen molar-refractivity contribution in [2.75, 3.05) is 7.05 Å². The van der Waals surface area contributed by atoms with E-state index in [0.29, 0.717) is 12.0 Å². The maximum Gasteiger partial charge on any atom is 0.162 e. The molecule has 0 aromatic heterocycles. The van der Waals surface area contributed by atoms with Crippen molar-refractivity contribution < 1.29 is 8.78 Å². The zero-order valence-electron chi connectivity index (χ0n) is 9.35. The van der Waals surface area contributed by atoms with Gasteiger partial charge in [-0.15, -0.1) is 0 Å². The van der Waals surface area contributed by atoms with Gasteiger partial charge in [-0.25, -0.2) is 8.78 Å². The van der Waals surface area contributed by atoms with Crippen LogP contribution in [0.5, 0.6) is 0 Å². The van der Waals surface area contributed by atoms with Crippen LogP contribution in [0.1, 0.15) is 19.4 Å². The van der Waals surface area contributed by atoms with E-state index in [1.165, 1.54) is 0 Å². The number of hydrogen-bond acceptors (Lipinski definition) is 1. The first-order valence-electron chi connectivity index (χ1n) is 5.16. The van der Waals surface area contributed by atoms with Crippen molar-refractivity contribution in [2.24, 2.45) is 5.92 Å². The lowest BCUT2D eigenvalue weighted by Gasteiger charge is -2.19. The van der Waals surface area contributed by atoms with Crippen LogP contribution in [-0.4, -0.2) is 13.1 Å². The molecule has 15 heavy (non-hydrogen) atoms. The van der Waals surface area contributed by atoms with Crippen LogP contribution in [0.4, 0.5) is 8.78 Å². The average Bonchev–Trinajstić information content (AvgIpc) is 2.23. The second kappa shape index (κ2) is 5.21. The van der Waals surface area contributed by atoms with Crippen LogP contribution in [-0.2, 0) is 6.42 Å². The molecule has 2 atom stereocenters. The SMILES string of the molecule is CNC(C)C(C)Cc1cccc(F)c1F. The number of rotatable bonds is 4. The summed E-state index contributed by atoms with van der Waals surface area (Å²) >= 11 is 0. The molecular formula is C12H17F2N. The third kappa shape index (κ3) is 2.99. The van der Waals surface area contributed by atoms with Gasteiger partial charge in [-0.05, 0) is 37.9 Å². The summed E-state index contributed by atoms with van der Waals surface area (Å²) < 4.78 is 26.3. The molecule has 0 saturated carbocycles. The van der Waals surface area contributed by atoms with Crippen molar-refractivity contribution in [3.05, 3.63) is 35.4 Å². The third-order valence-corrected chi connectivity index (χ3v) is 2.88. The standard InChI is InChI=1S/C12H17F2N/c1-8(9(2)15-3)7-10-5-4-6-11(13)12(10)14/h4-6,8-9,15H,7H2,1-3H3. The fourth-order valence-corrected chi connectivity index (χ4v) is 1.51. The Morgan fingerprint density at radius 2 is 1.93 bits per heavy atom. The molecule has 0 aliphatic heterocycles. The highest BCUT2D eigenvalue weighted by atomic mass is 19.2. The van der Waals surface area contributed by atoms with E-state index in [9.17, 15) is 8.78 Å². The minimum atomic E-state index is -0.767. The summed E-state index contributed by atoms with van der Waals surface area (Å²) in [7, 11) is 1.86. The molecule has 1 nitrogen and oxygen atoms in total. The predicted octanol–water partition coefficient (Wildman–Crippen LogP) is 2.75. The fraction of sp³-hybridized carbons (Fsp3) is 0.500. The van der Waals surface area contributed by atoms with Crippen molar-refractivity contribution in [3.63, 3.8) is 0 Å². The summed E-state index contributed by atoms with van der Waals surface area (Å²) in [5.41, 5.74) is 0.449. The molecule has 84 valence electrons. The minimum Gasteiger partial charge on any atom is -0.317 e. The van der Waals surface area contributed by atoms with Crippen LogP contribution in [0.25, 0.3) is 0 Å². The molecule has 0 saturated heterocycles. The van der Waals surface area contributed by atoms with E-state index in [1.54, 1.807) is 12.1 Å². The molecular weight excluding hydrogens is 196 g/mol. The molecule has 1 rings (SSSR count). The van der Waals surface area contributed by atoms with Crippen molar-refractivity contribution in [1.29, 1.82) is 0 Å². The van der Waals surface area contributed by atoms with Crippen molar-refractivity contribution in [1.82, 2.24) is 5.32 Å². The Kier molecular flexibility index (Phi) is 4.21. The number of halogens is 2. The van der Waals surface area contributed by atoms with E-state index in [1.807, 2.05) is 20.9 Å². The summed E-state index contributed by atoms with van der Waals surface area (Å²) in [5, 5.41) is 3.10. The van der Waals surface area contributed by atoms with Crippen molar-refractivity contribution >= 4 is 0 Å². The first-order chi connectivity index (χ1) is 7.06. The van der Waals surface area contributed by atoms with Crippen LogP contribution < -0.4 is 5.32 Å². The number of benzene rings is 1. The maximum absolute atomic E-state index is 13.3. The zero-order chi connectivity index (χ0) is 11.4. The van der Waals surface area contributed by atoms with Gasteiger partial charge < -0.3 is 5.32 Å². The average molecular weight is 213 g/mol. The summed E-state index contributed by atoms with van der Waals surface area (Å²) in [6.45, 7) is 4.05. The Morgan fingerprint density at radius 1 is 1.27 bits per heavy atom. The van der Waals surface area contributed by atoms with Gasteiger partial charge in [0.1, 0.15) is 0 Å². The van der Waals surface area contributed by atoms with E-state index in [2.05, 4.69) is 5.32 Å². The van der Waals surface area contributed by atoms with Crippen molar-refractivity contribution in [2.45, 2.75) is 26.3 Å². The maximum atomic E-state index is 13.3. The van der Waals surface area contributed by atoms with Gasteiger partial charge in [-0.2, -0.15) is 0 Å². The summed E-state index contributed by atoms with van der Waals surface area (Å²) in [5.74, 6) is -1.21. The molecule has 0 radical (unpaired) electrons. The van der Waals surface area contributed by atoms with E-state index in [0.717, 1.165) is 6.07 Å². The second-order valence-electron chi connectivity index (χ2n) is 3.97. The van der Waals surface area contributed by atoms with Gasteiger partial charge in [0, 0.05) is 6.04 Å². The van der Waals surface area contributed by atoms with Gasteiger partial charge in [0.15, 0.2) is 11.6 Å². The van der Waals surface area contributed by atoms with E-state index in [4.69, 9.17) is 0 Å². The Bertz CT molecular complexity index is 325. The van der Waals surface area contributed by atoms with Crippen LogP contribution in [0.15, 0.2) is 18.2 Å². The van der Waals surface area contributed by atoms with Gasteiger partial charge in [0.05, 0.1) is 0 Å². The monoisotopic (exact) mass is 213 g/mol. The molecule has 0 bridgehead atoms. The predicted molar refractivity (Wildman–Crippen MR) is 57.7 cm³/mol. The molecule has 3 heteroatoms. The quantitative estimate of drug-likeness (QED) is 0.811. The highest BCUT2D eigenvalue weighted by Gasteiger charge is 2.14. The third-order valence-electron chi connectivity index (χ3n) is 2.88. The first-order valence-corrected chi connectivity index (χ1v) is 5.16. The Morgan fingerprint density at radius 3 is 2.53 bits per heavy atom. The smallest absolute Gasteiger partial charge is 0.162 e. The van der Waals surface area contributed by atoms with Crippen LogP contribution >= 0.6 is 0 Å². The van der Waals surface area contributed by atoms with Crippen LogP contribution in [0.2, 0.25) is 0 Å². The van der Waals surface area contributed by atoms with Crippen molar-refractivity contribution in [3.8, 4) is 0 Å². The normalized spacial score (nSPS) is 15.0. The lowest BCUT2D eigenvalue weighted by molar-refractivity contribution is 0.411. The summed E-state index contributed by atoms with van der Waals surface area (Å²) in [4.78, 5) is 0. The molecule has 2 unspecified atom stereocenters. The topological polar surface area (TPSA) is 12.0 Å². The van der Waals surface area contributed by atoms with E-state index >= 15 is 0 Å². The molecule has 0 fully saturated rings. The van der Waals surface area contributed by atoms with Crippen LogP contribution in [0.3, 0.4) is 0 Å². The van der Waals surface area contributed by atoms with Gasteiger partial charge >= 0.3 is 0 Å². The molecule has 0 aliphatic rings. The molecule has 1 aromatic carbocycles. The van der Waals surface area contributed by atoms with E-state index < -0.39 is 11.6 Å². The van der Waals surface area contributed by atoms with E-state index in [-0.39, 0.29) is 12.0 Å². The molecule has 0 spiro atoms. The Balaban J connectivity index is 2.76. The number of nitrogens with one attached hydrogen (secondary N) is 1. The van der Waals surface area contributed by atoms with Gasteiger partial charge in [-0.1, -0.05) is 19.1 Å². The zero-order valence-corrected chi connectivity index (χ0v) is 9.35. The number of hydrogen-bond donors (Lipinski definition) is 1. The lowest BCUT2D eigenvalue weighted by atomic mass is 9.95.